The molecule has 3 nitrogen and oxygen atoms in total. The lowest BCUT2D eigenvalue weighted by Crippen LogP contribution is -2.33. The highest BCUT2D eigenvalue weighted by molar-refractivity contribution is 5.61. The van der Waals surface area contributed by atoms with Gasteiger partial charge in [-0.05, 0) is 57.2 Å². The van der Waals surface area contributed by atoms with Gasteiger partial charge in [-0.25, -0.2) is 0 Å². The fraction of sp³-hybridized carbons (Fsp3) is 0.647. The van der Waals surface area contributed by atoms with E-state index in [2.05, 4.69) is 20.8 Å². The number of hydrogen-bond donors (Lipinski definition) is 2. The Bertz CT molecular complexity index is 494. The van der Waals surface area contributed by atoms with Gasteiger partial charge in [0, 0.05) is 18.6 Å². The van der Waals surface area contributed by atoms with Gasteiger partial charge in [0.15, 0.2) is 0 Å². The van der Waals surface area contributed by atoms with Crippen LogP contribution in [-0.4, -0.2) is 22.9 Å². The normalized spacial score (nSPS) is 23.7. The number of ether oxygens (including phenoxy) is 1. The van der Waals surface area contributed by atoms with Gasteiger partial charge in [-0.1, -0.05) is 13.8 Å². The van der Waals surface area contributed by atoms with Gasteiger partial charge in [0.25, 0.3) is 0 Å². The number of benzene rings is 1. The van der Waals surface area contributed by atoms with Crippen molar-refractivity contribution in [2.75, 3.05) is 7.11 Å². The Hall–Kier alpha value is -1.22. The fourth-order valence-corrected chi connectivity index (χ4v) is 3.24. The van der Waals surface area contributed by atoms with Crippen LogP contribution in [0.2, 0.25) is 0 Å². The Kier molecular flexibility index (Phi) is 5.09. The number of fused-ring (bicyclic) bond motifs is 1. The maximum absolute atomic E-state index is 10.3. The quantitative estimate of drug-likeness (QED) is 0.861. The van der Waals surface area contributed by atoms with E-state index in [0.717, 1.165) is 42.4 Å². The fourth-order valence-electron chi connectivity index (χ4n) is 3.24. The minimum Gasteiger partial charge on any atom is -0.507 e. The van der Waals surface area contributed by atoms with E-state index in [-0.39, 0.29) is 5.60 Å². The molecule has 2 rings (SSSR count). The van der Waals surface area contributed by atoms with Crippen molar-refractivity contribution >= 4 is 0 Å². The summed E-state index contributed by atoms with van der Waals surface area (Å²) in [7, 11) is 1.00. The number of aliphatic hydroxyl groups is 1. The van der Waals surface area contributed by atoms with Crippen LogP contribution in [0.1, 0.15) is 61.8 Å². The third kappa shape index (κ3) is 2.28. The third-order valence-electron chi connectivity index (χ3n) is 4.79. The van der Waals surface area contributed by atoms with E-state index in [1.807, 2.05) is 20.8 Å². The molecule has 1 heterocycles. The van der Waals surface area contributed by atoms with E-state index < -0.39 is 0 Å². The predicted octanol–water partition coefficient (Wildman–Crippen LogP) is 3.98. The zero-order valence-electron chi connectivity index (χ0n) is 13.8. The average molecular weight is 280 g/mol. The number of hydrogen-bond acceptors (Lipinski definition) is 3. The summed E-state index contributed by atoms with van der Waals surface area (Å²) < 4.78 is 6.28. The van der Waals surface area contributed by atoms with Crippen LogP contribution in [0.5, 0.6) is 11.5 Å². The molecule has 0 aliphatic carbocycles. The number of aromatic hydroxyl groups is 1. The summed E-state index contributed by atoms with van der Waals surface area (Å²) in [6.07, 6.45) is 2.03. The second-order valence-corrected chi connectivity index (χ2v) is 5.70. The summed E-state index contributed by atoms with van der Waals surface area (Å²) in [5.74, 6) is 1.83. The van der Waals surface area contributed by atoms with Crippen molar-refractivity contribution in [2.24, 2.45) is 0 Å². The molecule has 0 spiro atoms. The van der Waals surface area contributed by atoms with Gasteiger partial charge in [-0.3, -0.25) is 0 Å². The summed E-state index contributed by atoms with van der Waals surface area (Å²) in [4.78, 5) is 0. The Labute approximate surface area is 122 Å². The molecular formula is C17H28O3. The van der Waals surface area contributed by atoms with Crippen LogP contribution in [0.25, 0.3) is 0 Å². The molecule has 0 bridgehead atoms. The van der Waals surface area contributed by atoms with E-state index in [0.29, 0.717) is 11.7 Å². The predicted molar refractivity (Wildman–Crippen MR) is 82.8 cm³/mol. The Morgan fingerprint density at radius 1 is 1.05 bits per heavy atom. The Morgan fingerprint density at radius 3 is 2.05 bits per heavy atom. The standard InChI is InChI=1S/C16H24O2.CH4O/c1-7-12-13-11(5)14(17)9(3)10(4)15(13)18-16(12,6)8-2;1-2/h12,17H,7-8H2,1-6H3;2H,1H3. The molecule has 114 valence electrons. The lowest BCUT2D eigenvalue weighted by atomic mass is 9.79. The second kappa shape index (κ2) is 6.04. The molecule has 0 radical (unpaired) electrons. The molecule has 0 fully saturated rings. The topological polar surface area (TPSA) is 49.7 Å². The highest BCUT2D eigenvalue weighted by Crippen LogP contribution is 2.53. The number of rotatable bonds is 2. The maximum Gasteiger partial charge on any atom is 0.127 e. The van der Waals surface area contributed by atoms with Crippen LogP contribution >= 0.6 is 0 Å². The van der Waals surface area contributed by atoms with Crippen molar-refractivity contribution in [1.29, 1.82) is 0 Å². The van der Waals surface area contributed by atoms with Crippen molar-refractivity contribution in [2.45, 2.75) is 65.9 Å². The molecule has 2 atom stereocenters. The first-order valence-electron chi connectivity index (χ1n) is 7.33. The summed E-state index contributed by atoms with van der Waals surface area (Å²) in [5, 5.41) is 17.3. The molecule has 1 aliphatic rings. The SMILES string of the molecule is CCC1c2c(C)c(O)c(C)c(C)c2OC1(C)CC.CO. The van der Waals surface area contributed by atoms with E-state index in [4.69, 9.17) is 9.84 Å². The van der Waals surface area contributed by atoms with Crippen LogP contribution in [0, 0.1) is 20.8 Å². The smallest absolute Gasteiger partial charge is 0.127 e. The molecule has 0 amide bonds. The van der Waals surface area contributed by atoms with Crippen LogP contribution in [0.15, 0.2) is 0 Å². The van der Waals surface area contributed by atoms with E-state index in [9.17, 15) is 5.11 Å². The van der Waals surface area contributed by atoms with Gasteiger partial charge in [0.05, 0.1) is 0 Å². The van der Waals surface area contributed by atoms with Crippen molar-refractivity contribution in [3.63, 3.8) is 0 Å². The highest BCUT2D eigenvalue weighted by Gasteiger charge is 2.44. The van der Waals surface area contributed by atoms with E-state index in [1.54, 1.807) is 0 Å². The molecule has 20 heavy (non-hydrogen) atoms. The summed E-state index contributed by atoms with van der Waals surface area (Å²) in [5.41, 5.74) is 4.12. The minimum absolute atomic E-state index is 0.132. The largest absolute Gasteiger partial charge is 0.507 e. The number of phenols is 1. The van der Waals surface area contributed by atoms with Gasteiger partial charge in [-0.2, -0.15) is 0 Å². The zero-order valence-corrected chi connectivity index (χ0v) is 13.8. The van der Waals surface area contributed by atoms with Gasteiger partial charge < -0.3 is 14.9 Å². The first-order valence-corrected chi connectivity index (χ1v) is 7.33. The molecule has 2 N–H and O–H groups in total. The number of aliphatic hydroxyl groups excluding tert-OH is 1. The molecule has 0 aromatic heterocycles. The van der Waals surface area contributed by atoms with E-state index in [1.165, 1.54) is 5.56 Å². The average Bonchev–Trinajstić information content (AvgIpc) is 2.78. The summed E-state index contributed by atoms with van der Waals surface area (Å²) in [6, 6.07) is 0. The molecular weight excluding hydrogens is 252 g/mol. The first-order chi connectivity index (χ1) is 9.37. The third-order valence-corrected chi connectivity index (χ3v) is 4.79. The molecule has 1 aromatic carbocycles. The first kappa shape index (κ1) is 16.8. The van der Waals surface area contributed by atoms with Gasteiger partial charge in [-0.15, -0.1) is 0 Å². The molecule has 2 unspecified atom stereocenters. The monoisotopic (exact) mass is 280 g/mol. The molecule has 1 aromatic rings. The van der Waals surface area contributed by atoms with Crippen molar-refractivity contribution in [3.05, 3.63) is 22.3 Å². The van der Waals surface area contributed by atoms with Crippen LogP contribution in [0.3, 0.4) is 0 Å². The minimum atomic E-state index is -0.132. The van der Waals surface area contributed by atoms with Crippen LogP contribution in [-0.2, 0) is 0 Å². The summed E-state index contributed by atoms with van der Waals surface area (Å²) in [6.45, 7) is 12.6. The summed E-state index contributed by atoms with van der Waals surface area (Å²) >= 11 is 0. The maximum atomic E-state index is 10.3. The van der Waals surface area contributed by atoms with Gasteiger partial charge in [0.1, 0.15) is 17.1 Å². The van der Waals surface area contributed by atoms with E-state index >= 15 is 0 Å². The lowest BCUT2D eigenvalue weighted by Gasteiger charge is -2.29. The molecule has 0 saturated carbocycles. The Balaban J connectivity index is 0.000000956. The molecule has 0 saturated heterocycles. The van der Waals surface area contributed by atoms with Crippen molar-refractivity contribution in [1.82, 2.24) is 0 Å². The van der Waals surface area contributed by atoms with Crippen molar-refractivity contribution in [3.8, 4) is 11.5 Å². The lowest BCUT2D eigenvalue weighted by molar-refractivity contribution is 0.0818. The zero-order chi connectivity index (χ0) is 15.7. The Morgan fingerprint density at radius 2 is 1.60 bits per heavy atom. The van der Waals surface area contributed by atoms with Crippen LogP contribution in [0.4, 0.5) is 0 Å². The van der Waals surface area contributed by atoms with Gasteiger partial charge >= 0.3 is 0 Å². The highest BCUT2D eigenvalue weighted by atomic mass is 16.5. The second-order valence-electron chi connectivity index (χ2n) is 5.70. The molecule has 3 heteroatoms. The van der Waals surface area contributed by atoms with Crippen LogP contribution < -0.4 is 4.74 Å². The number of phenolic OH excluding ortho intramolecular Hbond substituents is 1. The van der Waals surface area contributed by atoms with Crippen molar-refractivity contribution < 1.29 is 14.9 Å². The molecule has 1 aliphatic heterocycles. The van der Waals surface area contributed by atoms with Gasteiger partial charge in [0.2, 0.25) is 0 Å².